The number of hydrogen-bond donors (Lipinski definition) is 1. The highest BCUT2D eigenvalue weighted by Crippen LogP contribution is 2.21. The van der Waals surface area contributed by atoms with Crippen molar-refractivity contribution in [2.24, 2.45) is 0 Å². The van der Waals surface area contributed by atoms with Gasteiger partial charge in [-0.25, -0.2) is 4.79 Å². The number of nitrogens with zero attached hydrogens (tertiary/aromatic N) is 1. The summed E-state index contributed by atoms with van der Waals surface area (Å²) in [7, 11) is 0. The van der Waals surface area contributed by atoms with E-state index in [1.807, 2.05) is 0 Å². The third kappa shape index (κ3) is 6.71. The SMILES string of the molecule is O=C(NCCCCC(F)(F)F)N1CCCCCC1. The van der Waals surface area contributed by atoms with E-state index >= 15 is 0 Å². The van der Waals surface area contributed by atoms with Gasteiger partial charge in [-0.15, -0.1) is 0 Å². The molecule has 18 heavy (non-hydrogen) atoms. The third-order valence-electron chi connectivity index (χ3n) is 3.06. The molecule has 6 heteroatoms. The first kappa shape index (κ1) is 15.1. The van der Waals surface area contributed by atoms with Crippen LogP contribution in [0.3, 0.4) is 0 Å². The van der Waals surface area contributed by atoms with Gasteiger partial charge in [-0.3, -0.25) is 0 Å². The molecule has 0 aromatic heterocycles. The van der Waals surface area contributed by atoms with E-state index in [-0.39, 0.29) is 12.5 Å². The number of alkyl halides is 3. The summed E-state index contributed by atoms with van der Waals surface area (Å²) in [5.41, 5.74) is 0. The highest BCUT2D eigenvalue weighted by atomic mass is 19.4. The van der Waals surface area contributed by atoms with Crippen LogP contribution in [0.25, 0.3) is 0 Å². The quantitative estimate of drug-likeness (QED) is 0.778. The average Bonchev–Trinajstić information content (AvgIpc) is 2.55. The number of halogens is 3. The van der Waals surface area contributed by atoms with Crippen LogP contribution >= 0.6 is 0 Å². The van der Waals surface area contributed by atoms with E-state index in [0.29, 0.717) is 13.0 Å². The number of urea groups is 1. The summed E-state index contributed by atoms with van der Waals surface area (Å²) in [6.45, 7) is 1.84. The number of hydrogen-bond acceptors (Lipinski definition) is 1. The molecule has 1 heterocycles. The van der Waals surface area contributed by atoms with Crippen molar-refractivity contribution in [3.63, 3.8) is 0 Å². The Balaban J connectivity index is 2.09. The van der Waals surface area contributed by atoms with Crippen LogP contribution < -0.4 is 5.32 Å². The number of carbonyl (C=O) groups is 1. The van der Waals surface area contributed by atoms with Gasteiger partial charge in [0.25, 0.3) is 0 Å². The van der Waals surface area contributed by atoms with Crippen molar-refractivity contribution in [3.05, 3.63) is 0 Å². The summed E-state index contributed by atoms with van der Waals surface area (Å²) < 4.78 is 35.6. The number of likely N-dealkylation sites (tertiary alicyclic amines) is 1. The summed E-state index contributed by atoms with van der Waals surface area (Å²) in [5, 5.41) is 2.69. The molecule has 0 aromatic rings. The number of nitrogens with one attached hydrogen (secondary N) is 1. The minimum atomic E-state index is -4.09. The lowest BCUT2D eigenvalue weighted by molar-refractivity contribution is -0.135. The highest BCUT2D eigenvalue weighted by Gasteiger charge is 2.25. The third-order valence-corrected chi connectivity index (χ3v) is 3.06. The largest absolute Gasteiger partial charge is 0.389 e. The molecular formula is C12H21F3N2O. The molecule has 0 radical (unpaired) electrons. The predicted octanol–water partition coefficient (Wildman–Crippen LogP) is 3.30. The van der Waals surface area contributed by atoms with Crippen LogP contribution in [-0.2, 0) is 0 Å². The van der Waals surface area contributed by atoms with Crippen molar-refractivity contribution in [1.29, 1.82) is 0 Å². The average molecular weight is 266 g/mol. The lowest BCUT2D eigenvalue weighted by atomic mass is 10.2. The van der Waals surface area contributed by atoms with Gasteiger partial charge in [-0.05, 0) is 25.7 Å². The van der Waals surface area contributed by atoms with Crippen molar-refractivity contribution >= 4 is 6.03 Å². The van der Waals surface area contributed by atoms with Crippen molar-refractivity contribution < 1.29 is 18.0 Å². The van der Waals surface area contributed by atoms with Crippen LogP contribution in [-0.4, -0.2) is 36.7 Å². The molecule has 1 aliphatic rings. The van der Waals surface area contributed by atoms with Gasteiger partial charge in [0.2, 0.25) is 0 Å². The zero-order valence-electron chi connectivity index (χ0n) is 10.6. The molecule has 0 aliphatic carbocycles. The monoisotopic (exact) mass is 266 g/mol. The Hall–Kier alpha value is -0.940. The lowest BCUT2D eigenvalue weighted by Crippen LogP contribution is -2.40. The standard InChI is InChI=1S/C12H21F3N2O/c13-12(14,15)7-3-4-8-16-11(18)17-9-5-1-2-6-10-17/h1-10H2,(H,16,18). The van der Waals surface area contributed by atoms with Crippen molar-refractivity contribution in [1.82, 2.24) is 10.2 Å². The zero-order valence-corrected chi connectivity index (χ0v) is 10.6. The number of amides is 2. The Bertz CT molecular complexity index is 248. The van der Waals surface area contributed by atoms with E-state index < -0.39 is 12.6 Å². The maximum Gasteiger partial charge on any atom is 0.389 e. The van der Waals surface area contributed by atoms with Crippen molar-refractivity contribution in [2.45, 2.75) is 51.1 Å². The van der Waals surface area contributed by atoms with Crippen LogP contribution in [0.1, 0.15) is 44.9 Å². The number of carbonyl (C=O) groups excluding carboxylic acids is 1. The minimum Gasteiger partial charge on any atom is -0.338 e. The molecule has 1 saturated heterocycles. The van der Waals surface area contributed by atoms with Gasteiger partial charge in [0.15, 0.2) is 0 Å². The molecule has 1 aliphatic heterocycles. The maximum absolute atomic E-state index is 11.9. The first-order valence-electron chi connectivity index (χ1n) is 6.58. The topological polar surface area (TPSA) is 32.3 Å². The molecule has 0 bridgehead atoms. The number of unbranched alkanes of at least 4 members (excludes halogenated alkanes) is 1. The molecular weight excluding hydrogens is 245 g/mol. The fourth-order valence-electron chi connectivity index (χ4n) is 2.03. The fourth-order valence-corrected chi connectivity index (χ4v) is 2.03. The van der Waals surface area contributed by atoms with Crippen molar-refractivity contribution in [3.8, 4) is 0 Å². The van der Waals surface area contributed by atoms with Gasteiger partial charge in [0, 0.05) is 26.1 Å². The van der Waals surface area contributed by atoms with E-state index in [1.165, 1.54) is 0 Å². The van der Waals surface area contributed by atoms with E-state index in [9.17, 15) is 18.0 Å². The van der Waals surface area contributed by atoms with Gasteiger partial charge in [-0.1, -0.05) is 12.8 Å². The van der Waals surface area contributed by atoms with Crippen LogP contribution in [0, 0.1) is 0 Å². The molecule has 3 nitrogen and oxygen atoms in total. The lowest BCUT2D eigenvalue weighted by Gasteiger charge is -2.20. The van der Waals surface area contributed by atoms with E-state index in [0.717, 1.165) is 38.8 Å². The van der Waals surface area contributed by atoms with E-state index in [2.05, 4.69) is 5.32 Å². The molecule has 0 aromatic carbocycles. The Kier molecular flexibility index (Phi) is 6.29. The second-order valence-electron chi connectivity index (χ2n) is 4.71. The van der Waals surface area contributed by atoms with Gasteiger partial charge in [0.1, 0.15) is 0 Å². The molecule has 2 amide bonds. The first-order valence-corrected chi connectivity index (χ1v) is 6.58. The molecule has 1 rings (SSSR count). The molecule has 0 atom stereocenters. The van der Waals surface area contributed by atoms with E-state index in [1.54, 1.807) is 4.90 Å². The summed E-state index contributed by atoms with van der Waals surface area (Å²) in [5.74, 6) is 0. The van der Waals surface area contributed by atoms with Crippen LogP contribution in [0.15, 0.2) is 0 Å². The van der Waals surface area contributed by atoms with Gasteiger partial charge in [-0.2, -0.15) is 13.2 Å². The maximum atomic E-state index is 11.9. The van der Waals surface area contributed by atoms with Crippen LogP contribution in [0.2, 0.25) is 0 Å². The molecule has 0 unspecified atom stereocenters. The minimum absolute atomic E-state index is 0.0732. The van der Waals surface area contributed by atoms with Gasteiger partial charge < -0.3 is 10.2 Å². The van der Waals surface area contributed by atoms with Crippen molar-refractivity contribution in [2.75, 3.05) is 19.6 Å². The molecule has 1 N–H and O–H groups in total. The second kappa shape index (κ2) is 7.48. The van der Waals surface area contributed by atoms with Gasteiger partial charge in [0.05, 0.1) is 0 Å². The molecule has 1 fully saturated rings. The fraction of sp³-hybridized carbons (Fsp3) is 0.917. The van der Waals surface area contributed by atoms with Crippen LogP contribution in [0.5, 0.6) is 0 Å². The van der Waals surface area contributed by atoms with E-state index in [4.69, 9.17) is 0 Å². The normalized spacial score (nSPS) is 17.4. The predicted molar refractivity (Wildman–Crippen MR) is 63.3 cm³/mol. The Labute approximate surface area is 106 Å². The Morgan fingerprint density at radius 1 is 1.06 bits per heavy atom. The summed E-state index contributed by atoms with van der Waals surface area (Å²) in [6, 6.07) is -0.135. The molecule has 0 saturated carbocycles. The first-order chi connectivity index (χ1) is 8.49. The number of rotatable bonds is 4. The molecule has 106 valence electrons. The van der Waals surface area contributed by atoms with Gasteiger partial charge >= 0.3 is 12.2 Å². The smallest absolute Gasteiger partial charge is 0.338 e. The zero-order chi connectivity index (χ0) is 13.4. The second-order valence-corrected chi connectivity index (χ2v) is 4.71. The highest BCUT2D eigenvalue weighted by molar-refractivity contribution is 5.74. The summed E-state index contributed by atoms with van der Waals surface area (Å²) in [6.07, 6.45) is -0.0854. The summed E-state index contributed by atoms with van der Waals surface area (Å²) in [4.78, 5) is 13.5. The Morgan fingerprint density at radius 2 is 1.67 bits per heavy atom. The molecule has 0 spiro atoms. The van der Waals surface area contributed by atoms with Crippen LogP contribution in [0.4, 0.5) is 18.0 Å². The summed E-state index contributed by atoms with van der Waals surface area (Å²) >= 11 is 0. The Morgan fingerprint density at radius 3 is 2.22 bits per heavy atom.